The van der Waals surface area contributed by atoms with Crippen LogP contribution < -0.4 is 5.32 Å². The Morgan fingerprint density at radius 1 is 1.14 bits per heavy atom. The van der Waals surface area contributed by atoms with Gasteiger partial charge in [0.1, 0.15) is 0 Å². The summed E-state index contributed by atoms with van der Waals surface area (Å²) in [5, 5.41) is -3.52. The van der Waals surface area contributed by atoms with Gasteiger partial charge in [0.05, 0.1) is 17.3 Å². The molecule has 1 heterocycles. The van der Waals surface area contributed by atoms with Crippen LogP contribution in [0.15, 0.2) is 0 Å². The van der Waals surface area contributed by atoms with E-state index in [1.165, 1.54) is 0 Å². The maximum atomic E-state index is 12.9. The number of amides is 1. The normalized spacial score (nSPS) is 22.6. The number of nitrogens with one attached hydrogen (secondary N) is 1. The first-order valence-corrected chi connectivity index (χ1v) is 8.45. The molecule has 1 atom stereocenters. The number of thioether (sulfide) groups is 1. The van der Waals surface area contributed by atoms with E-state index >= 15 is 0 Å². The lowest BCUT2D eigenvalue weighted by atomic mass is 10.3. The molecule has 1 N–H and O–H groups in total. The van der Waals surface area contributed by atoms with Crippen molar-refractivity contribution in [1.82, 2.24) is 5.32 Å². The van der Waals surface area contributed by atoms with Crippen molar-refractivity contribution in [3.8, 4) is 0 Å². The molecule has 0 aliphatic carbocycles. The largest absolute Gasteiger partial charge is 0.460 e. The van der Waals surface area contributed by atoms with Gasteiger partial charge in [-0.25, -0.2) is 8.42 Å². The summed E-state index contributed by atoms with van der Waals surface area (Å²) in [5.74, 6) is -9.56. The van der Waals surface area contributed by atoms with Gasteiger partial charge in [-0.15, -0.1) is 0 Å². The Hall–Kier alpha value is -0.720. The van der Waals surface area contributed by atoms with Crippen LogP contribution in [0.4, 0.5) is 30.7 Å². The molecule has 1 aliphatic heterocycles. The predicted molar refractivity (Wildman–Crippen MR) is 63.6 cm³/mol. The Morgan fingerprint density at radius 3 is 2.09 bits per heavy atom. The summed E-state index contributed by atoms with van der Waals surface area (Å²) in [7, 11) is -3.37. The molecule has 13 heteroatoms. The van der Waals surface area contributed by atoms with Gasteiger partial charge in [-0.1, -0.05) is 11.8 Å². The van der Waals surface area contributed by atoms with Crippen LogP contribution in [-0.2, 0) is 14.6 Å². The van der Waals surface area contributed by atoms with E-state index in [0.29, 0.717) is 0 Å². The lowest BCUT2D eigenvalue weighted by Crippen LogP contribution is -2.50. The molecule has 0 saturated carbocycles. The molecule has 0 aromatic rings. The van der Waals surface area contributed by atoms with Crippen LogP contribution in [0.5, 0.6) is 0 Å². The number of hydrogen-bond donors (Lipinski definition) is 1. The minimum Gasteiger partial charge on any atom is -0.352 e. The second-order valence-electron chi connectivity index (χ2n) is 4.55. The molecule has 0 aromatic carbocycles. The van der Waals surface area contributed by atoms with Gasteiger partial charge in [0, 0.05) is 6.04 Å². The Balaban J connectivity index is 2.56. The smallest absolute Gasteiger partial charge is 0.352 e. The minimum absolute atomic E-state index is 0.0217. The number of carbonyl (C=O) groups excluding carboxylic acids is 1. The van der Waals surface area contributed by atoms with Crippen molar-refractivity contribution in [1.29, 1.82) is 0 Å². The Labute approximate surface area is 124 Å². The summed E-state index contributed by atoms with van der Waals surface area (Å²) in [6.45, 7) is 0. The maximum absolute atomic E-state index is 12.9. The first kappa shape index (κ1) is 19.3. The van der Waals surface area contributed by atoms with Gasteiger partial charge in [0.15, 0.2) is 9.84 Å². The second kappa shape index (κ2) is 6.06. The van der Waals surface area contributed by atoms with Gasteiger partial charge in [0.2, 0.25) is 5.91 Å². The third-order valence-electron chi connectivity index (χ3n) is 2.70. The summed E-state index contributed by atoms with van der Waals surface area (Å²) in [6.07, 6.45) is -6.44. The molecule has 1 amide bonds. The van der Waals surface area contributed by atoms with Gasteiger partial charge in [-0.2, -0.15) is 30.7 Å². The number of rotatable bonds is 5. The van der Waals surface area contributed by atoms with Crippen molar-refractivity contribution in [2.75, 3.05) is 17.3 Å². The van der Waals surface area contributed by atoms with E-state index in [9.17, 15) is 43.9 Å². The van der Waals surface area contributed by atoms with Gasteiger partial charge < -0.3 is 5.32 Å². The number of hydrogen-bond acceptors (Lipinski definition) is 4. The second-order valence-corrected chi connectivity index (χ2v) is 7.86. The quantitative estimate of drug-likeness (QED) is 0.743. The number of carbonyl (C=O) groups is 1. The molecule has 0 aromatic heterocycles. The molecule has 1 saturated heterocycles. The first-order valence-electron chi connectivity index (χ1n) is 5.64. The monoisotopic (exact) mass is 377 g/mol. The average Bonchev–Trinajstić information content (AvgIpc) is 2.64. The third kappa shape index (κ3) is 4.40. The topological polar surface area (TPSA) is 63.2 Å². The van der Waals surface area contributed by atoms with Gasteiger partial charge in [-0.05, 0) is 6.42 Å². The lowest BCUT2D eigenvalue weighted by molar-refractivity contribution is -0.330. The van der Waals surface area contributed by atoms with Crippen LogP contribution in [-0.4, -0.2) is 55.0 Å². The number of alkyl halides is 7. The highest BCUT2D eigenvalue weighted by atomic mass is 32.2. The van der Waals surface area contributed by atoms with E-state index in [0.717, 1.165) is 0 Å². The highest BCUT2D eigenvalue weighted by molar-refractivity contribution is 8.01. The van der Waals surface area contributed by atoms with Gasteiger partial charge in [0.25, 0.3) is 0 Å². The molecule has 4 nitrogen and oxygen atoms in total. The Bertz CT molecular complexity index is 532. The SMILES string of the molecule is O=C(CSC(F)(F)C(F)(F)C(F)(F)F)N[C@@H]1CCS(=O)(=O)C1. The molecular weight excluding hydrogens is 367 g/mol. The predicted octanol–water partition coefficient (Wildman–Crippen LogP) is 1.81. The van der Waals surface area contributed by atoms with Crippen LogP contribution in [0.25, 0.3) is 0 Å². The van der Waals surface area contributed by atoms with Crippen LogP contribution in [0, 0.1) is 0 Å². The zero-order valence-electron chi connectivity index (χ0n) is 10.6. The molecule has 0 unspecified atom stereocenters. The van der Waals surface area contributed by atoms with Crippen LogP contribution in [0.2, 0.25) is 0 Å². The Kier molecular flexibility index (Phi) is 5.32. The zero-order chi connectivity index (χ0) is 17.4. The minimum atomic E-state index is -6.46. The van der Waals surface area contributed by atoms with Crippen molar-refractivity contribution in [3.63, 3.8) is 0 Å². The Morgan fingerprint density at radius 2 is 1.68 bits per heavy atom. The summed E-state index contributed by atoms with van der Waals surface area (Å²) in [6, 6.07) is -0.866. The molecule has 130 valence electrons. The fourth-order valence-corrected chi connectivity index (χ4v) is 3.96. The van der Waals surface area contributed by atoms with Crippen molar-refractivity contribution < 1.29 is 43.9 Å². The molecule has 0 radical (unpaired) electrons. The fourth-order valence-electron chi connectivity index (χ4n) is 1.59. The molecule has 1 fully saturated rings. The summed E-state index contributed by atoms with van der Waals surface area (Å²) in [4.78, 5) is 11.2. The molecule has 1 rings (SSSR count). The molecule has 0 spiro atoms. The third-order valence-corrected chi connectivity index (χ3v) is 5.50. The number of sulfone groups is 1. The average molecular weight is 377 g/mol. The van der Waals surface area contributed by atoms with Crippen molar-refractivity contribution in [3.05, 3.63) is 0 Å². The summed E-state index contributed by atoms with van der Waals surface area (Å²) in [5.41, 5.74) is 0. The zero-order valence-corrected chi connectivity index (χ0v) is 12.2. The van der Waals surface area contributed by atoms with Crippen molar-refractivity contribution in [2.24, 2.45) is 0 Å². The number of halogens is 7. The molecule has 22 heavy (non-hydrogen) atoms. The van der Waals surface area contributed by atoms with Crippen LogP contribution in [0.3, 0.4) is 0 Å². The van der Waals surface area contributed by atoms with Crippen LogP contribution >= 0.6 is 11.8 Å². The first-order chi connectivity index (χ1) is 9.68. The molecular formula is C9H10F7NO3S2. The maximum Gasteiger partial charge on any atom is 0.460 e. The van der Waals surface area contributed by atoms with Crippen molar-refractivity contribution >= 4 is 27.5 Å². The van der Waals surface area contributed by atoms with E-state index in [-0.39, 0.29) is 12.2 Å². The highest BCUT2D eigenvalue weighted by Gasteiger charge is 2.73. The fraction of sp³-hybridized carbons (Fsp3) is 0.889. The van der Waals surface area contributed by atoms with E-state index in [1.54, 1.807) is 0 Å². The van der Waals surface area contributed by atoms with Gasteiger partial charge in [-0.3, -0.25) is 4.79 Å². The standard InChI is InChI=1S/C9H10F7NO3S2/c10-7(11,8(12,13)14)9(15,16)21-3-6(18)17-5-1-2-22(19,20)4-5/h5H,1-4H2,(H,17,18)/t5-/m1/s1. The van der Waals surface area contributed by atoms with Gasteiger partial charge >= 0.3 is 17.4 Å². The molecule has 1 aliphatic rings. The van der Waals surface area contributed by atoms with E-state index in [1.807, 2.05) is 5.32 Å². The highest BCUT2D eigenvalue weighted by Crippen LogP contribution is 2.51. The lowest BCUT2D eigenvalue weighted by Gasteiger charge is -2.27. The van der Waals surface area contributed by atoms with E-state index in [2.05, 4.69) is 0 Å². The van der Waals surface area contributed by atoms with E-state index in [4.69, 9.17) is 0 Å². The summed E-state index contributed by atoms with van der Waals surface area (Å²) >= 11 is -1.16. The van der Waals surface area contributed by atoms with E-state index < -0.39 is 62.4 Å². The molecule has 0 bridgehead atoms. The van der Waals surface area contributed by atoms with Crippen LogP contribution in [0.1, 0.15) is 6.42 Å². The van der Waals surface area contributed by atoms with Crippen molar-refractivity contribution in [2.45, 2.75) is 29.8 Å². The summed E-state index contributed by atoms with van der Waals surface area (Å²) < 4.78 is 109.